The highest BCUT2D eigenvalue weighted by molar-refractivity contribution is 7.89. The van der Waals surface area contributed by atoms with Crippen molar-refractivity contribution in [3.05, 3.63) is 53.9 Å². The Hall–Kier alpha value is -2.92. The minimum absolute atomic E-state index is 0.0666. The zero-order valence-electron chi connectivity index (χ0n) is 18.6. The van der Waals surface area contributed by atoms with Crippen LogP contribution >= 0.6 is 0 Å². The molecule has 2 heterocycles. The Morgan fingerprint density at radius 2 is 1.74 bits per heavy atom. The van der Waals surface area contributed by atoms with E-state index in [0.717, 1.165) is 36.9 Å². The quantitative estimate of drug-likeness (QED) is 0.553. The van der Waals surface area contributed by atoms with Crippen molar-refractivity contribution in [2.45, 2.75) is 43.2 Å². The highest BCUT2D eigenvalue weighted by Gasteiger charge is 2.30. The number of piperidine rings is 1. The van der Waals surface area contributed by atoms with Crippen LogP contribution in [0.1, 0.15) is 37.1 Å². The summed E-state index contributed by atoms with van der Waals surface area (Å²) >= 11 is 0. The number of anilines is 1. The third kappa shape index (κ3) is 5.10. The maximum Gasteiger partial charge on any atom is 0.416 e. The number of rotatable bonds is 6. The summed E-state index contributed by atoms with van der Waals surface area (Å²) in [5.74, 6) is 0.241. The van der Waals surface area contributed by atoms with Crippen LogP contribution < -0.4 is 5.32 Å². The molecule has 0 saturated carbocycles. The zero-order chi connectivity index (χ0) is 24.5. The largest absolute Gasteiger partial charge is 0.416 e. The molecule has 0 aliphatic carbocycles. The normalized spacial score (nSPS) is 15.5. The van der Waals surface area contributed by atoms with E-state index in [2.05, 4.69) is 10.3 Å². The molecule has 1 N–H and O–H groups in total. The molecular weight excluding hydrogens is 469 g/mol. The van der Waals surface area contributed by atoms with E-state index in [9.17, 15) is 26.4 Å². The molecule has 7 nitrogen and oxygen atoms in total. The number of hydrogen-bond donors (Lipinski definition) is 1. The van der Waals surface area contributed by atoms with Gasteiger partial charge in [0.05, 0.1) is 21.5 Å². The Kier molecular flexibility index (Phi) is 6.68. The van der Waals surface area contributed by atoms with Crippen molar-refractivity contribution < 1.29 is 26.4 Å². The maximum atomic E-state index is 13.0. The van der Waals surface area contributed by atoms with E-state index in [4.69, 9.17) is 0 Å². The lowest BCUT2D eigenvalue weighted by molar-refractivity contribution is -0.137. The van der Waals surface area contributed by atoms with Crippen molar-refractivity contribution in [3.8, 4) is 0 Å². The number of aromatic nitrogens is 2. The summed E-state index contributed by atoms with van der Waals surface area (Å²) in [5, 5.41) is 2.58. The Morgan fingerprint density at radius 3 is 2.38 bits per heavy atom. The third-order valence-corrected chi connectivity index (χ3v) is 7.86. The smallest absolute Gasteiger partial charge is 0.331 e. The minimum atomic E-state index is -4.43. The Balaban J connectivity index is 1.44. The molecule has 1 amide bonds. The van der Waals surface area contributed by atoms with E-state index in [-0.39, 0.29) is 29.3 Å². The fourth-order valence-corrected chi connectivity index (χ4v) is 5.60. The van der Waals surface area contributed by atoms with Crippen molar-refractivity contribution >= 4 is 32.7 Å². The Morgan fingerprint density at radius 1 is 1.06 bits per heavy atom. The van der Waals surface area contributed by atoms with Crippen molar-refractivity contribution in [1.29, 1.82) is 0 Å². The van der Waals surface area contributed by atoms with Gasteiger partial charge in [-0.1, -0.05) is 6.42 Å². The van der Waals surface area contributed by atoms with Gasteiger partial charge in [0, 0.05) is 38.7 Å². The highest BCUT2D eigenvalue weighted by Crippen LogP contribution is 2.30. The summed E-state index contributed by atoms with van der Waals surface area (Å²) in [4.78, 5) is 17.0. The van der Waals surface area contributed by atoms with Gasteiger partial charge in [0.2, 0.25) is 15.9 Å². The van der Waals surface area contributed by atoms with Gasteiger partial charge in [0.1, 0.15) is 5.82 Å². The van der Waals surface area contributed by atoms with Gasteiger partial charge < -0.3 is 9.88 Å². The number of amides is 1. The summed E-state index contributed by atoms with van der Waals surface area (Å²) in [5.41, 5.74) is 0.761. The Bertz CT molecular complexity index is 1300. The number of carbonyl (C=O) groups is 1. The van der Waals surface area contributed by atoms with E-state index in [0.29, 0.717) is 24.4 Å². The highest BCUT2D eigenvalue weighted by atomic mass is 32.2. The summed E-state index contributed by atoms with van der Waals surface area (Å²) in [6.07, 6.45) is -1.35. The summed E-state index contributed by atoms with van der Waals surface area (Å²) in [6.45, 7) is 1.03. The second-order valence-electron chi connectivity index (χ2n) is 8.33. The van der Waals surface area contributed by atoms with Gasteiger partial charge in [-0.15, -0.1) is 0 Å². The van der Waals surface area contributed by atoms with Crippen LogP contribution in [0.15, 0.2) is 47.4 Å². The maximum absolute atomic E-state index is 13.0. The molecule has 1 aliphatic heterocycles. The van der Waals surface area contributed by atoms with Gasteiger partial charge in [0.25, 0.3) is 0 Å². The van der Waals surface area contributed by atoms with Crippen LogP contribution in [0.25, 0.3) is 11.0 Å². The number of nitrogens with one attached hydrogen (secondary N) is 1. The molecule has 1 aliphatic rings. The topological polar surface area (TPSA) is 84.3 Å². The standard InChI is InChI=1S/C23H25F3N4O3S/c1-29-20-10-9-18(34(32,33)30-13-3-2-4-14-30)15-19(20)28-21(29)11-12-22(31)27-17-7-5-16(6-8-17)23(24,25)26/h5-10,15H,2-4,11-14H2,1H3,(H,27,31). The van der Waals surface area contributed by atoms with E-state index in [1.54, 1.807) is 29.8 Å². The first-order valence-corrected chi connectivity index (χ1v) is 12.4. The number of sulfonamides is 1. The van der Waals surface area contributed by atoms with E-state index < -0.39 is 21.8 Å². The lowest BCUT2D eigenvalue weighted by Crippen LogP contribution is -2.35. The molecule has 11 heteroatoms. The summed E-state index contributed by atoms with van der Waals surface area (Å²) < 4.78 is 67.2. The average molecular weight is 495 g/mol. The predicted octanol–water partition coefficient (Wildman–Crippen LogP) is 4.34. The number of aryl methyl sites for hydroxylation is 2. The summed E-state index contributed by atoms with van der Waals surface area (Å²) in [6, 6.07) is 9.10. The molecule has 0 unspecified atom stereocenters. The SMILES string of the molecule is Cn1c(CCC(=O)Nc2ccc(C(F)(F)F)cc2)nc2cc(S(=O)(=O)N3CCCCC3)ccc21. The van der Waals surface area contributed by atoms with Gasteiger partial charge in [-0.2, -0.15) is 17.5 Å². The predicted molar refractivity (Wildman–Crippen MR) is 122 cm³/mol. The van der Waals surface area contributed by atoms with Crippen molar-refractivity contribution in [2.75, 3.05) is 18.4 Å². The number of fused-ring (bicyclic) bond motifs is 1. The molecular formula is C23H25F3N4O3S. The van der Waals surface area contributed by atoms with E-state index in [1.165, 1.54) is 16.4 Å². The van der Waals surface area contributed by atoms with Crippen LogP contribution in [-0.2, 0) is 34.5 Å². The van der Waals surface area contributed by atoms with Gasteiger partial charge in [0.15, 0.2) is 0 Å². The van der Waals surface area contributed by atoms with Gasteiger partial charge >= 0.3 is 6.18 Å². The van der Waals surface area contributed by atoms with Crippen molar-refractivity contribution in [1.82, 2.24) is 13.9 Å². The van der Waals surface area contributed by atoms with Gasteiger partial charge in [-0.05, 0) is 55.3 Å². The molecule has 34 heavy (non-hydrogen) atoms. The second kappa shape index (κ2) is 9.38. The number of hydrogen-bond acceptors (Lipinski definition) is 4. The third-order valence-electron chi connectivity index (χ3n) is 5.97. The molecule has 0 radical (unpaired) electrons. The molecule has 2 aromatic carbocycles. The van der Waals surface area contributed by atoms with Crippen molar-refractivity contribution in [3.63, 3.8) is 0 Å². The number of alkyl halides is 3. The first-order chi connectivity index (χ1) is 16.1. The average Bonchev–Trinajstić information content (AvgIpc) is 3.13. The second-order valence-corrected chi connectivity index (χ2v) is 10.3. The minimum Gasteiger partial charge on any atom is -0.331 e. The van der Waals surface area contributed by atoms with Crippen molar-refractivity contribution in [2.24, 2.45) is 7.05 Å². The fraction of sp³-hybridized carbons (Fsp3) is 0.391. The molecule has 182 valence electrons. The number of nitrogens with zero attached hydrogens (tertiary/aromatic N) is 3. The molecule has 1 fully saturated rings. The zero-order valence-corrected chi connectivity index (χ0v) is 19.4. The molecule has 4 rings (SSSR count). The van der Waals surface area contributed by atoms with Crippen LogP contribution in [0, 0.1) is 0 Å². The first kappa shape index (κ1) is 24.2. The van der Waals surface area contributed by atoms with Crippen LogP contribution in [0.2, 0.25) is 0 Å². The number of carbonyl (C=O) groups excluding carboxylic acids is 1. The fourth-order valence-electron chi connectivity index (χ4n) is 4.06. The first-order valence-electron chi connectivity index (χ1n) is 11.0. The van der Waals surface area contributed by atoms with Crippen LogP contribution in [0.4, 0.5) is 18.9 Å². The lowest BCUT2D eigenvalue weighted by Gasteiger charge is -2.25. The lowest BCUT2D eigenvalue weighted by atomic mass is 10.2. The molecule has 1 aromatic heterocycles. The monoisotopic (exact) mass is 494 g/mol. The molecule has 3 aromatic rings. The number of benzene rings is 2. The van der Waals surface area contributed by atoms with E-state index in [1.807, 2.05) is 0 Å². The number of halogens is 3. The molecule has 0 atom stereocenters. The van der Waals surface area contributed by atoms with Crippen LogP contribution in [0.5, 0.6) is 0 Å². The van der Waals surface area contributed by atoms with Gasteiger partial charge in [-0.25, -0.2) is 13.4 Å². The molecule has 0 bridgehead atoms. The number of imidazole rings is 1. The molecule has 0 spiro atoms. The van der Waals surface area contributed by atoms with Crippen LogP contribution in [0.3, 0.4) is 0 Å². The molecule has 1 saturated heterocycles. The Labute approximate surface area is 195 Å². The van der Waals surface area contributed by atoms with Gasteiger partial charge in [-0.3, -0.25) is 4.79 Å². The van der Waals surface area contributed by atoms with E-state index >= 15 is 0 Å². The summed E-state index contributed by atoms with van der Waals surface area (Å²) in [7, 11) is -1.79. The van der Waals surface area contributed by atoms with Crippen LogP contribution in [-0.4, -0.2) is 41.3 Å².